The van der Waals surface area contributed by atoms with Crippen LogP contribution in [0.3, 0.4) is 0 Å². The van der Waals surface area contributed by atoms with Crippen molar-refractivity contribution in [2.24, 2.45) is 0 Å². The standard InChI is InChI=1S/C14H16ClN3O2S/c1-11-8-9-16-14(15)13(11)17-21(19,20)18(2)10-12-6-4-3-5-7-12/h3-9,17H,10H2,1-2H3. The normalized spacial score (nSPS) is 11.6. The maximum atomic E-state index is 12.3. The fourth-order valence-corrected chi connectivity index (χ4v) is 3.08. The Morgan fingerprint density at radius 3 is 2.52 bits per heavy atom. The van der Waals surface area contributed by atoms with Crippen LogP contribution in [0.15, 0.2) is 42.6 Å². The molecule has 0 aliphatic carbocycles. The summed E-state index contributed by atoms with van der Waals surface area (Å²) in [6.45, 7) is 2.04. The molecule has 7 heteroatoms. The number of hydrogen-bond donors (Lipinski definition) is 1. The largest absolute Gasteiger partial charge is 0.301 e. The van der Waals surface area contributed by atoms with Gasteiger partial charge in [0.15, 0.2) is 5.15 Å². The molecule has 112 valence electrons. The molecule has 21 heavy (non-hydrogen) atoms. The van der Waals surface area contributed by atoms with Crippen molar-refractivity contribution in [3.05, 3.63) is 58.9 Å². The minimum Gasteiger partial charge on any atom is -0.268 e. The topological polar surface area (TPSA) is 62.3 Å². The minimum atomic E-state index is -3.70. The summed E-state index contributed by atoms with van der Waals surface area (Å²) in [4.78, 5) is 3.89. The van der Waals surface area contributed by atoms with Gasteiger partial charge in [0.1, 0.15) is 0 Å². The lowest BCUT2D eigenvalue weighted by molar-refractivity contribution is 0.471. The Labute approximate surface area is 129 Å². The van der Waals surface area contributed by atoms with Crippen molar-refractivity contribution in [1.82, 2.24) is 9.29 Å². The Balaban J connectivity index is 2.18. The van der Waals surface area contributed by atoms with Gasteiger partial charge in [-0.1, -0.05) is 41.9 Å². The Morgan fingerprint density at radius 2 is 1.90 bits per heavy atom. The number of nitrogens with one attached hydrogen (secondary N) is 1. The van der Waals surface area contributed by atoms with E-state index < -0.39 is 10.2 Å². The monoisotopic (exact) mass is 325 g/mol. The van der Waals surface area contributed by atoms with Crippen molar-refractivity contribution in [1.29, 1.82) is 0 Å². The van der Waals surface area contributed by atoms with Gasteiger partial charge in [0, 0.05) is 19.8 Å². The first-order chi connectivity index (χ1) is 9.90. The van der Waals surface area contributed by atoms with Crippen molar-refractivity contribution in [3.8, 4) is 0 Å². The van der Waals surface area contributed by atoms with Crippen LogP contribution in [-0.2, 0) is 16.8 Å². The summed E-state index contributed by atoms with van der Waals surface area (Å²) in [7, 11) is -2.19. The van der Waals surface area contributed by atoms with Gasteiger partial charge in [-0.15, -0.1) is 0 Å². The predicted octanol–water partition coefficient (Wildman–Crippen LogP) is 2.83. The molecular weight excluding hydrogens is 310 g/mol. The van der Waals surface area contributed by atoms with Crippen LogP contribution in [-0.4, -0.2) is 24.8 Å². The first kappa shape index (κ1) is 15.8. The van der Waals surface area contributed by atoms with E-state index >= 15 is 0 Å². The highest BCUT2D eigenvalue weighted by Gasteiger charge is 2.20. The minimum absolute atomic E-state index is 0.131. The summed E-state index contributed by atoms with van der Waals surface area (Å²) >= 11 is 5.94. The number of nitrogens with zero attached hydrogens (tertiary/aromatic N) is 2. The van der Waals surface area contributed by atoms with Crippen LogP contribution in [0.1, 0.15) is 11.1 Å². The van der Waals surface area contributed by atoms with E-state index in [1.807, 2.05) is 30.3 Å². The summed E-state index contributed by atoms with van der Waals surface area (Å²) in [5.74, 6) is 0. The van der Waals surface area contributed by atoms with E-state index in [0.717, 1.165) is 5.56 Å². The smallest absolute Gasteiger partial charge is 0.268 e. The number of aromatic nitrogens is 1. The molecule has 1 heterocycles. The molecule has 1 aromatic heterocycles. The molecule has 2 aromatic rings. The molecule has 0 saturated carbocycles. The Kier molecular flexibility index (Phi) is 4.82. The number of hydrogen-bond acceptors (Lipinski definition) is 3. The van der Waals surface area contributed by atoms with E-state index in [-0.39, 0.29) is 11.7 Å². The van der Waals surface area contributed by atoms with Gasteiger partial charge in [0.25, 0.3) is 0 Å². The van der Waals surface area contributed by atoms with Gasteiger partial charge in [-0.25, -0.2) is 4.98 Å². The van der Waals surface area contributed by atoms with Gasteiger partial charge in [-0.3, -0.25) is 4.72 Å². The van der Waals surface area contributed by atoms with Crippen LogP contribution in [0.2, 0.25) is 5.15 Å². The quantitative estimate of drug-likeness (QED) is 0.860. The van der Waals surface area contributed by atoms with Crippen molar-refractivity contribution in [3.63, 3.8) is 0 Å². The summed E-state index contributed by atoms with van der Waals surface area (Å²) in [5, 5.41) is 0.131. The summed E-state index contributed by atoms with van der Waals surface area (Å²) < 4.78 is 28.4. The Hall–Kier alpha value is -1.63. The van der Waals surface area contributed by atoms with Gasteiger partial charge in [0.2, 0.25) is 0 Å². The summed E-state index contributed by atoms with van der Waals surface area (Å²) in [5.41, 5.74) is 1.92. The van der Waals surface area contributed by atoms with Crippen molar-refractivity contribution in [2.45, 2.75) is 13.5 Å². The zero-order valence-electron chi connectivity index (χ0n) is 11.7. The van der Waals surface area contributed by atoms with E-state index in [1.54, 1.807) is 13.0 Å². The fraction of sp³-hybridized carbons (Fsp3) is 0.214. The number of rotatable bonds is 5. The van der Waals surface area contributed by atoms with E-state index in [4.69, 9.17) is 11.6 Å². The van der Waals surface area contributed by atoms with Crippen molar-refractivity contribution in [2.75, 3.05) is 11.8 Å². The predicted molar refractivity (Wildman–Crippen MR) is 84.4 cm³/mol. The maximum absolute atomic E-state index is 12.3. The first-order valence-corrected chi connectivity index (χ1v) is 8.11. The van der Waals surface area contributed by atoms with Crippen LogP contribution < -0.4 is 4.72 Å². The third-order valence-corrected chi connectivity index (χ3v) is 4.70. The molecule has 0 atom stereocenters. The molecular formula is C14H16ClN3O2S. The Morgan fingerprint density at radius 1 is 1.24 bits per heavy atom. The molecule has 0 amide bonds. The molecule has 1 aromatic carbocycles. The maximum Gasteiger partial charge on any atom is 0.301 e. The second kappa shape index (κ2) is 6.43. The van der Waals surface area contributed by atoms with E-state index in [2.05, 4.69) is 9.71 Å². The third kappa shape index (κ3) is 3.93. The molecule has 0 bridgehead atoms. The Bertz CT molecular complexity index is 700. The molecule has 2 rings (SSSR count). The number of pyridine rings is 1. The van der Waals surface area contributed by atoms with Gasteiger partial charge in [-0.05, 0) is 24.1 Å². The lowest BCUT2D eigenvalue weighted by Crippen LogP contribution is -2.32. The zero-order chi connectivity index (χ0) is 15.5. The lowest BCUT2D eigenvalue weighted by atomic mass is 10.2. The molecule has 0 unspecified atom stereocenters. The molecule has 0 aliphatic rings. The molecule has 0 saturated heterocycles. The molecule has 0 fully saturated rings. The van der Waals surface area contributed by atoms with Crippen LogP contribution in [0.5, 0.6) is 0 Å². The van der Waals surface area contributed by atoms with E-state index in [0.29, 0.717) is 11.3 Å². The average molecular weight is 326 g/mol. The van der Waals surface area contributed by atoms with Crippen LogP contribution in [0.4, 0.5) is 5.69 Å². The lowest BCUT2D eigenvalue weighted by Gasteiger charge is -2.19. The highest BCUT2D eigenvalue weighted by molar-refractivity contribution is 7.90. The van der Waals surface area contributed by atoms with Gasteiger partial charge in [0.05, 0.1) is 5.69 Å². The van der Waals surface area contributed by atoms with Crippen molar-refractivity contribution < 1.29 is 8.42 Å². The van der Waals surface area contributed by atoms with Gasteiger partial charge < -0.3 is 0 Å². The van der Waals surface area contributed by atoms with Crippen LogP contribution >= 0.6 is 11.6 Å². The average Bonchev–Trinajstić information content (AvgIpc) is 2.44. The van der Waals surface area contributed by atoms with Crippen LogP contribution in [0.25, 0.3) is 0 Å². The van der Waals surface area contributed by atoms with Gasteiger partial charge >= 0.3 is 10.2 Å². The second-order valence-corrected chi connectivity index (χ2v) is 6.78. The number of anilines is 1. The number of benzene rings is 1. The molecule has 0 spiro atoms. The molecule has 5 nitrogen and oxygen atoms in total. The summed E-state index contributed by atoms with van der Waals surface area (Å²) in [6.07, 6.45) is 1.53. The van der Waals surface area contributed by atoms with Crippen molar-refractivity contribution >= 4 is 27.5 Å². The van der Waals surface area contributed by atoms with Gasteiger partial charge in [-0.2, -0.15) is 12.7 Å². The highest BCUT2D eigenvalue weighted by atomic mass is 35.5. The summed E-state index contributed by atoms with van der Waals surface area (Å²) in [6, 6.07) is 11.1. The van der Waals surface area contributed by atoms with Crippen LogP contribution in [0, 0.1) is 6.92 Å². The zero-order valence-corrected chi connectivity index (χ0v) is 13.3. The second-order valence-electron chi connectivity index (χ2n) is 4.64. The fourth-order valence-electron chi connectivity index (χ4n) is 1.78. The number of aryl methyl sites for hydroxylation is 1. The van der Waals surface area contributed by atoms with E-state index in [1.165, 1.54) is 17.5 Å². The van der Waals surface area contributed by atoms with E-state index in [9.17, 15) is 8.42 Å². The first-order valence-electron chi connectivity index (χ1n) is 6.29. The molecule has 0 radical (unpaired) electrons. The third-order valence-electron chi connectivity index (χ3n) is 3.00. The number of halogens is 1. The SMILES string of the molecule is Cc1ccnc(Cl)c1NS(=O)(=O)N(C)Cc1ccccc1. The highest BCUT2D eigenvalue weighted by Crippen LogP contribution is 2.24. The molecule has 1 N–H and O–H groups in total. The molecule has 0 aliphatic heterocycles.